The first kappa shape index (κ1) is 13.8. The van der Waals surface area contributed by atoms with Crippen LogP contribution in [0.2, 0.25) is 0 Å². The number of benzene rings is 2. The van der Waals surface area contributed by atoms with Crippen LogP contribution < -0.4 is 0 Å². The van der Waals surface area contributed by atoms with Crippen molar-refractivity contribution in [1.82, 2.24) is 0 Å². The summed E-state index contributed by atoms with van der Waals surface area (Å²) in [6, 6.07) is 14.8. The maximum atomic E-state index is 4.19. The molecular weight excluding hydrogens is 276 g/mol. The maximum Gasteiger partial charge on any atom is 0.171 e. The van der Waals surface area contributed by atoms with Crippen molar-refractivity contribution in [2.24, 2.45) is 20.5 Å². The van der Waals surface area contributed by atoms with Crippen LogP contribution in [0.15, 0.2) is 78.8 Å². The van der Waals surface area contributed by atoms with Crippen LogP contribution in [0.25, 0.3) is 0 Å². The molecule has 6 heteroatoms. The molecule has 0 saturated carbocycles. The number of hydrogen-bond acceptors (Lipinski definition) is 6. The monoisotopic (exact) mass is 288 g/mol. The zero-order valence-electron chi connectivity index (χ0n) is 10.0. The van der Waals surface area contributed by atoms with Gasteiger partial charge >= 0.3 is 0 Å². The van der Waals surface area contributed by atoms with Gasteiger partial charge in [0, 0.05) is 9.79 Å². The summed E-state index contributed by atoms with van der Waals surface area (Å²) < 4.78 is 0. The number of nitrogens with zero attached hydrogens (tertiary/aromatic N) is 4. The van der Waals surface area contributed by atoms with Gasteiger partial charge in [-0.05, 0) is 48.5 Å². The molecule has 0 aromatic heterocycles. The van der Waals surface area contributed by atoms with E-state index in [2.05, 4.69) is 45.7 Å². The van der Waals surface area contributed by atoms with Gasteiger partial charge in [0.1, 0.15) is 0 Å². The van der Waals surface area contributed by atoms with Gasteiger partial charge in [-0.15, -0.1) is 25.3 Å². The van der Waals surface area contributed by atoms with Gasteiger partial charge in [0.2, 0.25) is 0 Å². The molecule has 96 valence electrons. The molecule has 0 saturated heterocycles. The van der Waals surface area contributed by atoms with Crippen molar-refractivity contribution < 1.29 is 0 Å². The van der Waals surface area contributed by atoms with Crippen molar-refractivity contribution in [3.05, 3.63) is 48.5 Å². The highest BCUT2D eigenvalue weighted by Crippen LogP contribution is 2.16. The molecule has 2 rings (SSSR count). The van der Waals surface area contributed by atoms with E-state index < -0.39 is 0 Å². The van der Waals surface area contributed by atoms with Crippen LogP contribution in [0.3, 0.4) is 0 Å². The molecule has 0 spiro atoms. The van der Waals surface area contributed by atoms with Gasteiger partial charge in [0.25, 0.3) is 0 Å². The van der Waals surface area contributed by atoms with E-state index in [9.17, 15) is 0 Å². The third kappa shape index (κ3) is 4.84. The van der Waals surface area contributed by atoms with E-state index in [-0.39, 0.29) is 6.67 Å². The van der Waals surface area contributed by atoms with E-state index >= 15 is 0 Å². The first-order chi connectivity index (χ1) is 9.24. The Bertz CT molecular complexity index is 523. The molecule has 0 aliphatic rings. The second kappa shape index (κ2) is 7.06. The van der Waals surface area contributed by atoms with Crippen LogP contribution in [0, 0.1) is 0 Å². The average Bonchev–Trinajstić information content (AvgIpc) is 2.43. The topological polar surface area (TPSA) is 49.4 Å². The highest BCUT2D eigenvalue weighted by molar-refractivity contribution is 7.80. The molecule has 0 amide bonds. The summed E-state index contributed by atoms with van der Waals surface area (Å²) in [7, 11) is 0. The summed E-state index contributed by atoms with van der Waals surface area (Å²) >= 11 is 8.39. The van der Waals surface area contributed by atoms with E-state index in [1.54, 1.807) is 0 Å². The SMILES string of the molecule is Sc1ccc(N=NCN=Nc2ccc(S)cc2)cc1. The highest BCUT2D eigenvalue weighted by Gasteiger charge is 1.89. The molecule has 0 radical (unpaired) electrons. The van der Waals surface area contributed by atoms with Crippen LogP contribution >= 0.6 is 25.3 Å². The Morgan fingerprint density at radius 2 is 1.00 bits per heavy atom. The molecule has 0 aliphatic heterocycles. The molecule has 0 fully saturated rings. The third-order valence-electron chi connectivity index (χ3n) is 2.20. The molecule has 2 aromatic carbocycles. The minimum absolute atomic E-state index is 0.200. The van der Waals surface area contributed by atoms with Crippen LogP contribution in [0.1, 0.15) is 0 Å². The van der Waals surface area contributed by atoms with Gasteiger partial charge < -0.3 is 0 Å². The lowest BCUT2D eigenvalue weighted by Crippen LogP contribution is -1.70. The molecule has 19 heavy (non-hydrogen) atoms. The van der Waals surface area contributed by atoms with E-state index in [4.69, 9.17) is 0 Å². The lowest BCUT2D eigenvalue weighted by atomic mass is 10.3. The smallest absolute Gasteiger partial charge is 0.163 e. The minimum Gasteiger partial charge on any atom is -0.163 e. The maximum absolute atomic E-state index is 4.19. The predicted octanol–water partition coefficient (Wildman–Crippen LogP) is 5.09. The van der Waals surface area contributed by atoms with Gasteiger partial charge in [0.15, 0.2) is 6.67 Å². The fourth-order valence-corrected chi connectivity index (χ4v) is 1.59. The van der Waals surface area contributed by atoms with Crippen molar-refractivity contribution in [3.63, 3.8) is 0 Å². The second-order valence-corrected chi connectivity index (χ2v) is 4.69. The zero-order valence-corrected chi connectivity index (χ0v) is 11.8. The Morgan fingerprint density at radius 1 is 0.632 bits per heavy atom. The highest BCUT2D eigenvalue weighted by atomic mass is 32.1. The molecule has 0 aliphatic carbocycles. The molecular formula is C13H12N4S2. The number of azo groups is 2. The molecule has 4 nitrogen and oxygen atoms in total. The van der Waals surface area contributed by atoms with Crippen LogP contribution in [0.4, 0.5) is 11.4 Å². The van der Waals surface area contributed by atoms with E-state index in [0.717, 1.165) is 21.2 Å². The summed E-state index contributed by atoms with van der Waals surface area (Å²) in [5.74, 6) is 0. The molecule has 0 atom stereocenters. The molecule has 0 bridgehead atoms. The van der Waals surface area contributed by atoms with E-state index in [0.29, 0.717) is 0 Å². The van der Waals surface area contributed by atoms with Crippen LogP contribution in [0.5, 0.6) is 0 Å². The van der Waals surface area contributed by atoms with Crippen LogP contribution in [-0.2, 0) is 0 Å². The molecule has 0 N–H and O–H groups in total. The number of thiol groups is 2. The summed E-state index contributed by atoms with van der Waals surface area (Å²) in [5, 5.41) is 15.9. The van der Waals surface area contributed by atoms with E-state index in [1.807, 2.05) is 48.5 Å². The second-order valence-electron chi connectivity index (χ2n) is 3.66. The van der Waals surface area contributed by atoms with Crippen molar-refractivity contribution in [3.8, 4) is 0 Å². The van der Waals surface area contributed by atoms with Crippen LogP contribution in [-0.4, -0.2) is 6.67 Å². The predicted molar refractivity (Wildman–Crippen MR) is 81.3 cm³/mol. The Labute approximate surface area is 122 Å². The Morgan fingerprint density at radius 3 is 1.37 bits per heavy atom. The lowest BCUT2D eigenvalue weighted by molar-refractivity contribution is 0.904. The Hall–Kier alpha value is -1.66. The van der Waals surface area contributed by atoms with E-state index in [1.165, 1.54) is 0 Å². The summed E-state index contributed by atoms with van der Waals surface area (Å²) in [4.78, 5) is 1.79. The Kier molecular flexibility index (Phi) is 5.11. The van der Waals surface area contributed by atoms with Gasteiger partial charge in [0.05, 0.1) is 11.4 Å². The van der Waals surface area contributed by atoms with Gasteiger partial charge in [-0.25, -0.2) is 0 Å². The number of rotatable bonds is 4. The van der Waals surface area contributed by atoms with Crippen molar-refractivity contribution in [2.75, 3.05) is 6.67 Å². The van der Waals surface area contributed by atoms with Gasteiger partial charge in [-0.3, -0.25) is 0 Å². The molecule has 0 heterocycles. The van der Waals surface area contributed by atoms with Gasteiger partial charge in [-0.1, -0.05) is 0 Å². The van der Waals surface area contributed by atoms with Crippen molar-refractivity contribution in [2.45, 2.75) is 9.79 Å². The third-order valence-corrected chi connectivity index (χ3v) is 2.79. The average molecular weight is 288 g/mol. The molecule has 2 aromatic rings. The summed E-state index contributed by atoms with van der Waals surface area (Å²) in [5.41, 5.74) is 1.54. The normalized spacial score (nSPS) is 11.5. The first-order valence-electron chi connectivity index (χ1n) is 5.57. The van der Waals surface area contributed by atoms with Crippen molar-refractivity contribution >= 4 is 36.6 Å². The molecule has 0 unspecified atom stereocenters. The standard InChI is InChI=1S/C13H12N4S2/c18-12-5-1-10(2-6-12)16-14-9-15-17-11-3-7-13(19)8-4-11/h1-8,18-19H,9H2. The fraction of sp³-hybridized carbons (Fsp3) is 0.0769. The Balaban J connectivity index is 1.86. The zero-order chi connectivity index (χ0) is 13.5. The first-order valence-corrected chi connectivity index (χ1v) is 6.46. The minimum atomic E-state index is 0.200. The summed E-state index contributed by atoms with van der Waals surface area (Å²) in [6.07, 6.45) is 0. The summed E-state index contributed by atoms with van der Waals surface area (Å²) in [6.45, 7) is 0.200. The van der Waals surface area contributed by atoms with Gasteiger partial charge in [-0.2, -0.15) is 20.5 Å². The fourth-order valence-electron chi connectivity index (χ4n) is 1.29. The quantitative estimate of drug-likeness (QED) is 0.581. The van der Waals surface area contributed by atoms with Crippen molar-refractivity contribution in [1.29, 1.82) is 0 Å². The lowest BCUT2D eigenvalue weighted by Gasteiger charge is -1.93. The largest absolute Gasteiger partial charge is 0.171 e. The number of hydrogen-bond donors (Lipinski definition) is 2.